The fourth-order valence-electron chi connectivity index (χ4n) is 5.17. The number of anilines is 2. The van der Waals surface area contributed by atoms with Crippen LogP contribution in [0.5, 0.6) is 0 Å². The minimum atomic E-state index is -0.140. The largest absolute Gasteiger partial charge is 0.354 e. The highest BCUT2D eigenvalue weighted by atomic mass is 16.2. The van der Waals surface area contributed by atoms with Crippen molar-refractivity contribution in [2.45, 2.75) is 58.9 Å². The normalized spacial score (nSPS) is 23.6. The summed E-state index contributed by atoms with van der Waals surface area (Å²) in [6.07, 6.45) is 3.81. The molecule has 184 valence electrons. The van der Waals surface area contributed by atoms with E-state index in [-0.39, 0.29) is 30.7 Å². The summed E-state index contributed by atoms with van der Waals surface area (Å²) < 4.78 is 0. The number of carbonyl (C=O) groups is 2. The molecule has 0 radical (unpaired) electrons. The average molecular weight is 466 g/mol. The van der Waals surface area contributed by atoms with Crippen molar-refractivity contribution in [1.29, 1.82) is 0 Å². The lowest BCUT2D eigenvalue weighted by Gasteiger charge is -2.34. The molecule has 0 spiro atoms. The van der Waals surface area contributed by atoms with Crippen molar-refractivity contribution in [3.63, 3.8) is 0 Å². The maximum Gasteiger partial charge on any atom is 0.224 e. The van der Waals surface area contributed by atoms with E-state index in [2.05, 4.69) is 54.3 Å². The molecule has 2 aliphatic rings. The number of nitrogens with one attached hydrogen (secondary N) is 2. The first-order valence-electron chi connectivity index (χ1n) is 12.7. The van der Waals surface area contributed by atoms with Gasteiger partial charge < -0.3 is 20.4 Å². The molecular weight excluding hydrogens is 426 g/mol. The van der Waals surface area contributed by atoms with E-state index >= 15 is 0 Å². The zero-order chi connectivity index (χ0) is 24.2. The molecule has 2 aromatic rings. The van der Waals surface area contributed by atoms with Gasteiger partial charge in [0.1, 0.15) is 5.82 Å². The van der Waals surface area contributed by atoms with Gasteiger partial charge in [0.05, 0.1) is 5.52 Å². The molecule has 0 unspecified atom stereocenters. The third kappa shape index (κ3) is 5.87. The summed E-state index contributed by atoms with van der Waals surface area (Å²) in [5.41, 5.74) is 2.82. The van der Waals surface area contributed by atoms with Crippen molar-refractivity contribution in [3.8, 4) is 0 Å². The number of likely N-dealkylation sites (N-methyl/N-ethyl adjacent to an activating group) is 1. The van der Waals surface area contributed by atoms with E-state index in [9.17, 15) is 9.59 Å². The second kappa shape index (κ2) is 10.7. The van der Waals surface area contributed by atoms with Gasteiger partial charge in [-0.15, -0.1) is 0 Å². The van der Waals surface area contributed by atoms with Crippen molar-refractivity contribution in [3.05, 3.63) is 29.8 Å². The quantitative estimate of drug-likeness (QED) is 0.675. The molecular formula is C27H39N5O2. The molecule has 1 aromatic carbocycles. The standard InChI is InChI=1S/C27H39N5O2/c1-18-6-5-7-23(20(18)3)30-27(34)11-10-26(33)28-21-8-9-24-22(17-21)19(2)16-25(29-24)32-14-12-31(4)13-15-32/h8-9,16-18,20,23H,5-7,10-15H2,1-4H3,(H,28,33)(H,30,34)/t18-,20-,23-/m1/s1. The molecule has 0 bridgehead atoms. The Bertz CT molecular complexity index is 1030. The summed E-state index contributed by atoms with van der Waals surface area (Å²) in [6.45, 7) is 10.6. The number of rotatable bonds is 6. The molecule has 2 N–H and O–H groups in total. The Morgan fingerprint density at radius 3 is 2.53 bits per heavy atom. The van der Waals surface area contributed by atoms with Crippen molar-refractivity contribution in [1.82, 2.24) is 15.2 Å². The molecule has 7 nitrogen and oxygen atoms in total. The number of benzene rings is 1. The molecule has 1 saturated heterocycles. The molecule has 1 aliphatic heterocycles. The van der Waals surface area contributed by atoms with Crippen LogP contribution >= 0.6 is 0 Å². The summed E-state index contributed by atoms with van der Waals surface area (Å²) in [5, 5.41) is 7.14. The maximum absolute atomic E-state index is 12.5. The van der Waals surface area contributed by atoms with Crippen molar-refractivity contribution in [2.75, 3.05) is 43.4 Å². The smallest absolute Gasteiger partial charge is 0.224 e. The molecule has 1 aromatic heterocycles. The predicted octanol–water partition coefficient (Wildman–Crippen LogP) is 3.95. The maximum atomic E-state index is 12.5. The van der Waals surface area contributed by atoms with E-state index in [4.69, 9.17) is 4.98 Å². The van der Waals surface area contributed by atoms with Gasteiger partial charge in [-0.05, 0) is 62.1 Å². The number of amides is 2. The number of hydrogen-bond donors (Lipinski definition) is 2. The zero-order valence-electron chi connectivity index (χ0n) is 21.1. The number of aryl methyl sites for hydroxylation is 1. The predicted molar refractivity (Wildman–Crippen MR) is 138 cm³/mol. The van der Waals surface area contributed by atoms with E-state index in [1.165, 1.54) is 6.42 Å². The number of nitrogens with zero attached hydrogens (tertiary/aromatic N) is 3. The number of aromatic nitrogens is 1. The summed E-state index contributed by atoms with van der Waals surface area (Å²) >= 11 is 0. The highest BCUT2D eigenvalue weighted by Gasteiger charge is 2.28. The molecule has 2 fully saturated rings. The van der Waals surface area contributed by atoms with E-state index < -0.39 is 0 Å². The summed E-state index contributed by atoms with van der Waals surface area (Å²) in [4.78, 5) is 34.5. The molecule has 1 saturated carbocycles. The number of carbonyl (C=O) groups excluding carboxylic acids is 2. The van der Waals surface area contributed by atoms with Gasteiger partial charge in [0.25, 0.3) is 0 Å². The van der Waals surface area contributed by atoms with Gasteiger partial charge in [-0.2, -0.15) is 0 Å². The minimum Gasteiger partial charge on any atom is -0.354 e. The number of fused-ring (bicyclic) bond motifs is 1. The molecule has 4 rings (SSSR count). The topological polar surface area (TPSA) is 77.6 Å². The van der Waals surface area contributed by atoms with Crippen LogP contribution in [0.25, 0.3) is 10.9 Å². The molecule has 2 heterocycles. The van der Waals surface area contributed by atoms with Crippen LogP contribution in [0.3, 0.4) is 0 Å². The van der Waals surface area contributed by atoms with E-state index in [0.29, 0.717) is 11.8 Å². The van der Waals surface area contributed by atoms with Crippen LogP contribution < -0.4 is 15.5 Å². The van der Waals surface area contributed by atoms with Gasteiger partial charge in [0.15, 0.2) is 0 Å². The minimum absolute atomic E-state index is 0.0314. The van der Waals surface area contributed by atoms with Gasteiger partial charge in [0.2, 0.25) is 11.8 Å². The van der Waals surface area contributed by atoms with Gasteiger partial charge in [0, 0.05) is 56.1 Å². The van der Waals surface area contributed by atoms with Crippen LogP contribution in [-0.2, 0) is 9.59 Å². The Labute approximate surface area is 203 Å². The lowest BCUT2D eigenvalue weighted by molar-refractivity contribution is -0.125. The Kier molecular flexibility index (Phi) is 7.71. The monoisotopic (exact) mass is 465 g/mol. The Morgan fingerprint density at radius 2 is 1.76 bits per heavy atom. The van der Waals surface area contributed by atoms with Gasteiger partial charge in [-0.3, -0.25) is 9.59 Å². The SMILES string of the molecule is Cc1cc(N2CCN(C)CC2)nc2ccc(NC(=O)CCC(=O)N[C@@H]3CCC[C@@H](C)[C@H]3C)cc12. The zero-order valence-corrected chi connectivity index (χ0v) is 21.1. The van der Waals surface area contributed by atoms with Crippen LogP contribution in [0.2, 0.25) is 0 Å². The van der Waals surface area contributed by atoms with Crippen LogP contribution in [0.1, 0.15) is 51.5 Å². The summed E-state index contributed by atoms with van der Waals surface area (Å²) in [5.74, 6) is 1.96. The van der Waals surface area contributed by atoms with Crippen LogP contribution in [0, 0.1) is 18.8 Å². The van der Waals surface area contributed by atoms with E-state index in [1.807, 2.05) is 18.2 Å². The third-order valence-corrected chi connectivity index (χ3v) is 7.75. The lowest BCUT2D eigenvalue weighted by Crippen LogP contribution is -2.44. The fourth-order valence-corrected chi connectivity index (χ4v) is 5.17. The number of hydrogen-bond acceptors (Lipinski definition) is 5. The highest BCUT2D eigenvalue weighted by Crippen LogP contribution is 2.29. The van der Waals surface area contributed by atoms with E-state index in [0.717, 1.165) is 67.0 Å². The van der Waals surface area contributed by atoms with Crippen LogP contribution in [0.4, 0.5) is 11.5 Å². The van der Waals surface area contributed by atoms with Crippen LogP contribution in [0.15, 0.2) is 24.3 Å². The van der Waals surface area contributed by atoms with Crippen molar-refractivity contribution in [2.24, 2.45) is 11.8 Å². The second-order valence-corrected chi connectivity index (χ2v) is 10.3. The first-order valence-corrected chi connectivity index (χ1v) is 12.7. The van der Waals surface area contributed by atoms with Gasteiger partial charge in [-0.25, -0.2) is 4.98 Å². The lowest BCUT2D eigenvalue weighted by atomic mass is 9.78. The second-order valence-electron chi connectivity index (χ2n) is 10.3. The van der Waals surface area contributed by atoms with Gasteiger partial charge >= 0.3 is 0 Å². The average Bonchev–Trinajstić information content (AvgIpc) is 2.81. The van der Waals surface area contributed by atoms with Crippen molar-refractivity contribution < 1.29 is 9.59 Å². The number of pyridine rings is 1. The van der Waals surface area contributed by atoms with E-state index in [1.54, 1.807) is 0 Å². The summed E-state index contributed by atoms with van der Waals surface area (Å²) in [6, 6.07) is 8.21. The summed E-state index contributed by atoms with van der Waals surface area (Å²) in [7, 11) is 2.15. The Hall–Kier alpha value is -2.67. The van der Waals surface area contributed by atoms with Crippen LogP contribution in [-0.4, -0.2) is 61.0 Å². The van der Waals surface area contributed by atoms with Gasteiger partial charge in [-0.1, -0.05) is 26.7 Å². The first kappa shape index (κ1) is 24.5. The number of piperazine rings is 1. The molecule has 34 heavy (non-hydrogen) atoms. The molecule has 7 heteroatoms. The molecule has 2 amide bonds. The highest BCUT2D eigenvalue weighted by molar-refractivity contribution is 5.96. The fraction of sp³-hybridized carbons (Fsp3) is 0.593. The first-order chi connectivity index (χ1) is 16.3. The third-order valence-electron chi connectivity index (χ3n) is 7.75. The Balaban J connectivity index is 1.32. The molecule has 3 atom stereocenters. The molecule has 1 aliphatic carbocycles. The van der Waals surface area contributed by atoms with Crippen molar-refractivity contribution >= 4 is 34.2 Å². The Morgan fingerprint density at radius 1 is 1.03 bits per heavy atom.